The maximum atomic E-state index is 12.2. The molecule has 144 valence electrons. The summed E-state index contributed by atoms with van der Waals surface area (Å²) in [5, 5.41) is 10.6. The Morgan fingerprint density at radius 1 is 1.27 bits per heavy atom. The molecular weight excluding hydrogens is 326 g/mol. The Balaban J connectivity index is 1.72. The molecule has 0 amide bonds. The fourth-order valence-corrected chi connectivity index (χ4v) is 6.80. The van der Waals surface area contributed by atoms with Crippen LogP contribution in [-0.2, 0) is 9.53 Å². The Morgan fingerprint density at radius 3 is 2.85 bits per heavy atom. The van der Waals surface area contributed by atoms with Crippen molar-refractivity contribution in [3.63, 3.8) is 0 Å². The third-order valence-corrected chi connectivity index (χ3v) is 8.28. The summed E-state index contributed by atoms with van der Waals surface area (Å²) in [4.78, 5) is 12.2. The van der Waals surface area contributed by atoms with Crippen LogP contribution in [0.5, 0.6) is 0 Å². The standard InChI is InChI=1S/C22H33NO3/c1-21-7-5-15(24)12-19(21)14(13-26-10-9-23)11-16-17-3-4-20(25)22(17,2)8-6-18(16)21/h12-13,16-18,20,25H,3-11,23H2,1-2H3/t16-,17-,18+,20?,21+,22-/m0/s1. The van der Waals surface area contributed by atoms with Gasteiger partial charge in [-0.3, -0.25) is 4.79 Å². The number of fused-ring (bicyclic) bond motifs is 5. The van der Waals surface area contributed by atoms with E-state index in [-0.39, 0.29) is 22.7 Å². The number of aliphatic hydroxyl groups excluding tert-OH is 1. The smallest absolute Gasteiger partial charge is 0.156 e. The summed E-state index contributed by atoms with van der Waals surface area (Å²) >= 11 is 0. The summed E-state index contributed by atoms with van der Waals surface area (Å²) in [6, 6.07) is 0. The molecule has 6 atom stereocenters. The minimum atomic E-state index is -0.160. The molecule has 0 aromatic carbocycles. The van der Waals surface area contributed by atoms with Crippen LogP contribution in [0.1, 0.15) is 58.8 Å². The van der Waals surface area contributed by atoms with Gasteiger partial charge in [0, 0.05) is 13.0 Å². The van der Waals surface area contributed by atoms with Crippen LogP contribution in [0.4, 0.5) is 0 Å². The monoisotopic (exact) mass is 359 g/mol. The van der Waals surface area contributed by atoms with Crippen molar-refractivity contribution in [3.05, 3.63) is 23.5 Å². The summed E-state index contributed by atoms with van der Waals surface area (Å²) in [5.74, 6) is 2.01. The fraction of sp³-hybridized carbons (Fsp3) is 0.773. The molecule has 0 aliphatic heterocycles. The highest BCUT2D eigenvalue weighted by Gasteiger charge is 2.59. The second-order valence-electron chi connectivity index (χ2n) is 9.46. The molecule has 0 radical (unpaired) electrons. The molecule has 0 bridgehead atoms. The Morgan fingerprint density at radius 2 is 2.08 bits per heavy atom. The molecule has 3 fully saturated rings. The first-order valence-electron chi connectivity index (χ1n) is 10.3. The van der Waals surface area contributed by atoms with E-state index in [0.29, 0.717) is 37.3 Å². The molecule has 3 saturated carbocycles. The highest BCUT2D eigenvalue weighted by Crippen LogP contribution is 2.66. The Hall–Kier alpha value is -1.13. The molecule has 4 rings (SSSR count). The molecule has 4 heteroatoms. The van der Waals surface area contributed by atoms with Crippen LogP contribution < -0.4 is 5.73 Å². The minimum Gasteiger partial charge on any atom is -0.500 e. The molecule has 0 aromatic rings. The van der Waals surface area contributed by atoms with Gasteiger partial charge in [0.25, 0.3) is 0 Å². The lowest BCUT2D eigenvalue weighted by atomic mass is 9.46. The minimum absolute atomic E-state index is 0.0591. The number of carbonyl (C=O) groups is 1. The van der Waals surface area contributed by atoms with Crippen LogP contribution >= 0.6 is 0 Å². The van der Waals surface area contributed by atoms with Gasteiger partial charge in [-0.25, -0.2) is 0 Å². The first-order chi connectivity index (χ1) is 12.4. The van der Waals surface area contributed by atoms with Gasteiger partial charge >= 0.3 is 0 Å². The Kier molecular flexibility index (Phi) is 4.55. The van der Waals surface area contributed by atoms with E-state index in [0.717, 1.165) is 38.5 Å². The number of allylic oxidation sites excluding steroid dienone is 2. The van der Waals surface area contributed by atoms with Gasteiger partial charge in [0.2, 0.25) is 0 Å². The van der Waals surface area contributed by atoms with Crippen molar-refractivity contribution in [3.8, 4) is 0 Å². The lowest BCUT2D eigenvalue weighted by Gasteiger charge is -2.58. The van der Waals surface area contributed by atoms with Crippen LogP contribution in [0.3, 0.4) is 0 Å². The van der Waals surface area contributed by atoms with Crippen molar-refractivity contribution in [2.75, 3.05) is 13.2 Å². The Labute approximate surface area is 156 Å². The van der Waals surface area contributed by atoms with Crippen LogP contribution in [-0.4, -0.2) is 30.1 Å². The molecule has 0 spiro atoms. The molecular formula is C22H33NO3. The molecule has 26 heavy (non-hydrogen) atoms. The second kappa shape index (κ2) is 6.49. The SMILES string of the molecule is C[C@]12CCC(=O)C=C1C(=COCCN)C[C@@H]1[C@H]2CC[C@]2(C)C(O)CC[C@@H]12. The van der Waals surface area contributed by atoms with Gasteiger partial charge in [0.1, 0.15) is 0 Å². The number of hydrogen-bond donors (Lipinski definition) is 2. The van der Waals surface area contributed by atoms with E-state index >= 15 is 0 Å². The average molecular weight is 360 g/mol. The van der Waals surface area contributed by atoms with E-state index in [1.165, 1.54) is 11.1 Å². The number of rotatable bonds is 3. The molecule has 1 unspecified atom stereocenters. The molecule has 4 aliphatic carbocycles. The molecule has 4 nitrogen and oxygen atoms in total. The summed E-state index contributed by atoms with van der Waals surface area (Å²) < 4.78 is 5.70. The normalized spacial score (nSPS) is 46.4. The number of ketones is 1. The summed E-state index contributed by atoms with van der Waals surface area (Å²) in [6.45, 7) is 5.68. The first-order valence-corrected chi connectivity index (χ1v) is 10.3. The van der Waals surface area contributed by atoms with E-state index in [1.54, 1.807) is 0 Å². The van der Waals surface area contributed by atoms with Crippen molar-refractivity contribution < 1.29 is 14.6 Å². The maximum Gasteiger partial charge on any atom is 0.156 e. The molecule has 3 N–H and O–H groups in total. The first kappa shape index (κ1) is 18.2. The highest BCUT2D eigenvalue weighted by molar-refractivity contribution is 5.92. The zero-order chi connectivity index (χ0) is 18.5. The topological polar surface area (TPSA) is 72.5 Å². The largest absolute Gasteiger partial charge is 0.500 e. The third-order valence-electron chi connectivity index (χ3n) is 8.28. The van der Waals surface area contributed by atoms with Gasteiger partial charge < -0.3 is 15.6 Å². The van der Waals surface area contributed by atoms with Crippen LogP contribution in [0.15, 0.2) is 23.5 Å². The highest BCUT2D eigenvalue weighted by atomic mass is 16.5. The van der Waals surface area contributed by atoms with Gasteiger partial charge in [0.05, 0.1) is 19.0 Å². The quantitative estimate of drug-likeness (QED) is 0.599. The number of ether oxygens (including phenoxy) is 1. The zero-order valence-corrected chi connectivity index (χ0v) is 16.2. The number of hydrogen-bond acceptors (Lipinski definition) is 4. The molecule has 4 aliphatic rings. The van der Waals surface area contributed by atoms with Crippen LogP contribution in [0, 0.1) is 28.6 Å². The van der Waals surface area contributed by atoms with Gasteiger partial charge in [-0.05, 0) is 84.3 Å². The van der Waals surface area contributed by atoms with Crippen molar-refractivity contribution >= 4 is 5.78 Å². The van der Waals surface area contributed by atoms with Crippen molar-refractivity contribution in [2.45, 2.75) is 64.9 Å². The Bertz CT molecular complexity index is 654. The van der Waals surface area contributed by atoms with Crippen molar-refractivity contribution in [1.82, 2.24) is 0 Å². The predicted molar refractivity (Wildman–Crippen MR) is 101 cm³/mol. The van der Waals surface area contributed by atoms with Gasteiger partial charge in [-0.1, -0.05) is 13.8 Å². The number of aliphatic hydroxyl groups is 1. The second-order valence-corrected chi connectivity index (χ2v) is 9.46. The van der Waals surface area contributed by atoms with Gasteiger partial charge in [-0.2, -0.15) is 0 Å². The molecule has 0 aromatic heterocycles. The van der Waals surface area contributed by atoms with E-state index in [2.05, 4.69) is 13.8 Å². The van der Waals surface area contributed by atoms with E-state index < -0.39 is 0 Å². The average Bonchev–Trinajstić information content (AvgIpc) is 2.92. The predicted octanol–water partition coefficient (Wildman–Crippen LogP) is 3.35. The van der Waals surface area contributed by atoms with E-state index in [4.69, 9.17) is 10.5 Å². The number of carbonyl (C=O) groups excluding carboxylic acids is 1. The molecule has 0 saturated heterocycles. The van der Waals surface area contributed by atoms with Crippen LogP contribution in [0.2, 0.25) is 0 Å². The van der Waals surface area contributed by atoms with Crippen molar-refractivity contribution in [1.29, 1.82) is 0 Å². The maximum absolute atomic E-state index is 12.2. The fourth-order valence-electron chi connectivity index (χ4n) is 6.80. The van der Waals surface area contributed by atoms with Crippen molar-refractivity contribution in [2.24, 2.45) is 34.3 Å². The van der Waals surface area contributed by atoms with E-state index in [1.807, 2.05) is 12.3 Å². The summed E-state index contributed by atoms with van der Waals surface area (Å²) in [7, 11) is 0. The van der Waals surface area contributed by atoms with Crippen LogP contribution in [0.25, 0.3) is 0 Å². The van der Waals surface area contributed by atoms with Gasteiger partial charge in [-0.15, -0.1) is 0 Å². The summed E-state index contributed by atoms with van der Waals surface area (Å²) in [6.07, 6.45) is 10.5. The lowest BCUT2D eigenvalue weighted by Crippen LogP contribution is -2.51. The molecule has 0 heterocycles. The third kappa shape index (κ3) is 2.60. The lowest BCUT2D eigenvalue weighted by molar-refractivity contribution is -0.117. The zero-order valence-electron chi connectivity index (χ0n) is 16.2. The number of nitrogens with two attached hydrogens (primary N) is 1. The summed E-state index contributed by atoms with van der Waals surface area (Å²) in [5.41, 5.74) is 8.12. The van der Waals surface area contributed by atoms with E-state index in [9.17, 15) is 9.90 Å². The van der Waals surface area contributed by atoms with Gasteiger partial charge in [0.15, 0.2) is 5.78 Å².